The Labute approximate surface area is 212 Å². The summed E-state index contributed by atoms with van der Waals surface area (Å²) in [5.41, 5.74) is 1.67. The zero-order chi connectivity index (χ0) is 25.8. The summed E-state index contributed by atoms with van der Waals surface area (Å²) in [4.78, 5) is 12.5. The van der Waals surface area contributed by atoms with Crippen molar-refractivity contribution in [3.8, 4) is 0 Å². The number of aliphatic hydroxyl groups excluding tert-OH is 2. The molecule has 4 heteroatoms. The highest BCUT2D eigenvalue weighted by atomic mass is 16.4. The van der Waals surface area contributed by atoms with Crippen molar-refractivity contribution in [2.24, 2.45) is 50.7 Å². The number of carboxylic acid groups (broad SMARTS) is 1. The highest BCUT2D eigenvalue weighted by molar-refractivity contribution is 5.76. The Morgan fingerprint density at radius 3 is 2.14 bits per heavy atom. The summed E-state index contributed by atoms with van der Waals surface area (Å²) in [5.74, 6) is 0.400. The predicted molar refractivity (Wildman–Crippen MR) is 139 cm³/mol. The van der Waals surface area contributed by atoms with Gasteiger partial charge in [0.1, 0.15) is 0 Å². The molecule has 0 spiro atoms. The van der Waals surface area contributed by atoms with Crippen LogP contribution in [-0.2, 0) is 4.79 Å². The van der Waals surface area contributed by atoms with E-state index in [1.165, 1.54) is 5.57 Å². The van der Waals surface area contributed by atoms with Crippen LogP contribution in [0, 0.1) is 50.7 Å². The number of aliphatic hydroxyl groups is 2. The van der Waals surface area contributed by atoms with E-state index in [-0.39, 0.29) is 39.6 Å². The number of allylic oxidation sites excluding steroid dienone is 3. The van der Waals surface area contributed by atoms with Crippen LogP contribution in [0.25, 0.3) is 0 Å². The van der Waals surface area contributed by atoms with Crippen LogP contribution in [-0.4, -0.2) is 33.5 Å². The van der Waals surface area contributed by atoms with E-state index in [0.717, 1.165) is 51.4 Å². The summed E-state index contributed by atoms with van der Waals surface area (Å²) in [5, 5.41) is 32.1. The molecule has 5 aliphatic carbocycles. The quantitative estimate of drug-likeness (QED) is 0.404. The van der Waals surface area contributed by atoms with Crippen LogP contribution in [0.3, 0.4) is 0 Å². The van der Waals surface area contributed by atoms with E-state index in [0.29, 0.717) is 18.3 Å². The molecule has 35 heavy (non-hydrogen) atoms. The van der Waals surface area contributed by atoms with Gasteiger partial charge in [0.15, 0.2) is 0 Å². The molecule has 0 aromatic heterocycles. The van der Waals surface area contributed by atoms with Crippen LogP contribution in [0.15, 0.2) is 23.8 Å². The molecule has 5 rings (SSSR count). The Balaban J connectivity index is 1.55. The fraction of sp³-hybridized carbons (Fsp3) is 0.839. The van der Waals surface area contributed by atoms with E-state index in [4.69, 9.17) is 0 Å². The second-order valence-corrected chi connectivity index (χ2v) is 14.9. The molecular weight excluding hydrogens is 436 g/mol. The largest absolute Gasteiger partial charge is 0.481 e. The van der Waals surface area contributed by atoms with Gasteiger partial charge in [-0.2, -0.15) is 0 Å². The van der Waals surface area contributed by atoms with Gasteiger partial charge in [-0.05, 0) is 110 Å². The van der Waals surface area contributed by atoms with E-state index in [1.807, 2.05) is 6.92 Å². The standard InChI is InChI=1S/C31H48O4/c1-18-16-19-17-28(4)13-10-22-30(6,15-12-24(33)31(22,7)26(34)35)21(28)9-8-20(19)29(5)14-11-23(32)27(2,3)25(18)29/h16,20-25,32-33H,1,8-15,17H2,2-7H3,(H,34,35)/t20-,21-,22+,23+,24+,25-,28-,29+,30+,31+/m0/s1. The zero-order valence-corrected chi connectivity index (χ0v) is 22.9. The summed E-state index contributed by atoms with van der Waals surface area (Å²) < 4.78 is 0. The van der Waals surface area contributed by atoms with Crippen LogP contribution < -0.4 is 0 Å². The van der Waals surface area contributed by atoms with Gasteiger partial charge in [-0.25, -0.2) is 0 Å². The van der Waals surface area contributed by atoms with E-state index < -0.39 is 17.5 Å². The number of hydrogen-bond donors (Lipinski definition) is 3. The molecule has 0 saturated heterocycles. The first-order valence-corrected chi connectivity index (χ1v) is 14.1. The normalized spacial score (nSPS) is 53.3. The van der Waals surface area contributed by atoms with Gasteiger partial charge in [0.05, 0.1) is 17.6 Å². The molecule has 4 fully saturated rings. The first-order chi connectivity index (χ1) is 16.1. The second-order valence-electron chi connectivity index (χ2n) is 14.9. The first-order valence-electron chi connectivity index (χ1n) is 14.1. The molecule has 10 atom stereocenters. The lowest BCUT2D eigenvalue weighted by Crippen LogP contribution is -2.61. The van der Waals surface area contributed by atoms with Crippen LogP contribution in [0.4, 0.5) is 0 Å². The topological polar surface area (TPSA) is 77.8 Å². The van der Waals surface area contributed by atoms with Crippen molar-refractivity contribution in [1.29, 1.82) is 0 Å². The van der Waals surface area contributed by atoms with Crippen molar-refractivity contribution < 1.29 is 20.1 Å². The van der Waals surface area contributed by atoms with E-state index in [9.17, 15) is 20.1 Å². The fourth-order valence-electron chi connectivity index (χ4n) is 11.1. The van der Waals surface area contributed by atoms with E-state index >= 15 is 0 Å². The lowest BCUT2D eigenvalue weighted by Gasteiger charge is -2.63. The summed E-state index contributed by atoms with van der Waals surface area (Å²) in [7, 11) is 0. The monoisotopic (exact) mass is 484 g/mol. The Kier molecular flexibility index (Phi) is 5.61. The Morgan fingerprint density at radius 1 is 0.857 bits per heavy atom. The smallest absolute Gasteiger partial charge is 0.312 e. The second kappa shape index (κ2) is 7.69. The Hall–Kier alpha value is -1.13. The lowest BCUT2D eigenvalue weighted by molar-refractivity contribution is -0.199. The highest BCUT2D eigenvalue weighted by Gasteiger charge is 2.66. The van der Waals surface area contributed by atoms with Crippen molar-refractivity contribution >= 4 is 5.97 Å². The summed E-state index contributed by atoms with van der Waals surface area (Å²) >= 11 is 0. The molecule has 0 heterocycles. The third kappa shape index (κ3) is 3.20. The minimum absolute atomic E-state index is 0.00509. The summed E-state index contributed by atoms with van der Waals surface area (Å²) in [6.07, 6.45) is 9.96. The molecule has 0 unspecified atom stereocenters. The fourth-order valence-corrected chi connectivity index (χ4v) is 11.1. The van der Waals surface area contributed by atoms with Crippen LogP contribution in [0.5, 0.6) is 0 Å². The van der Waals surface area contributed by atoms with Gasteiger partial charge < -0.3 is 15.3 Å². The van der Waals surface area contributed by atoms with Crippen LogP contribution >= 0.6 is 0 Å². The maximum atomic E-state index is 12.5. The Bertz CT molecular complexity index is 965. The number of hydrogen-bond acceptors (Lipinski definition) is 3. The van der Waals surface area contributed by atoms with Crippen molar-refractivity contribution in [2.75, 3.05) is 0 Å². The van der Waals surface area contributed by atoms with Crippen LogP contribution in [0.2, 0.25) is 0 Å². The minimum Gasteiger partial charge on any atom is -0.481 e. The minimum atomic E-state index is -1.07. The van der Waals surface area contributed by atoms with Crippen LogP contribution in [0.1, 0.15) is 99.3 Å². The highest BCUT2D eigenvalue weighted by Crippen LogP contribution is 2.70. The zero-order valence-electron chi connectivity index (χ0n) is 22.9. The number of rotatable bonds is 1. The molecule has 5 aliphatic rings. The average molecular weight is 485 g/mol. The SMILES string of the molecule is C=C1C=C2C[C@]3(C)CC[C@@H]4[C@](C)(CC[C@@H](O)[C@]4(C)C(=O)O)[C@H]3CC[C@@H]2[C@@]2(C)CC[C@@H](O)C(C)(C)[C@H]12. The molecule has 196 valence electrons. The molecule has 0 aromatic rings. The van der Waals surface area contributed by atoms with Gasteiger partial charge in [0, 0.05) is 0 Å². The maximum Gasteiger partial charge on any atom is 0.312 e. The number of carbonyl (C=O) groups is 1. The summed E-state index contributed by atoms with van der Waals surface area (Å²) in [6.45, 7) is 18.1. The van der Waals surface area contributed by atoms with Crippen molar-refractivity contribution in [2.45, 2.75) is 112 Å². The van der Waals surface area contributed by atoms with Crippen molar-refractivity contribution in [3.05, 3.63) is 23.8 Å². The van der Waals surface area contributed by atoms with Crippen molar-refractivity contribution in [3.63, 3.8) is 0 Å². The molecular formula is C31H48O4. The summed E-state index contributed by atoms with van der Waals surface area (Å²) in [6, 6.07) is 0. The predicted octanol–water partition coefficient (Wildman–Crippen LogP) is 6.37. The molecule has 4 nitrogen and oxygen atoms in total. The number of fused-ring (bicyclic) bond motifs is 6. The van der Waals surface area contributed by atoms with Gasteiger partial charge in [0.2, 0.25) is 0 Å². The molecule has 3 N–H and O–H groups in total. The third-order valence-electron chi connectivity index (χ3n) is 12.8. The molecule has 0 radical (unpaired) electrons. The van der Waals surface area contributed by atoms with E-state index in [2.05, 4.69) is 47.3 Å². The van der Waals surface area contributed by atoms with Gasteiger partial charge in [-0.1, -0.05) is 58.4 Å². The Morgan fingerprint density at radius 2 is 1.49 bits per heavy atom. The van der Waals surface area contributed by atoms with Gasteiger partial charge in [-0.3, -0.25) is 4.79 Å². The van der Waals surface area contributed by atoms with Gasteiger partial charge in [-0.15, -0.1) is 0 Å². The molecule has 4 saturated carbocycles. The van der Waals surface area contributed by atoms with Gasteiger partial charge in [0.25, 0.3) is 0 Å². The number of aliphatic carboxylic acids is 1. The molecule has 0 amide bonds. The maximum absolute atomic E-state index is 12.5. The lowest BCUT2D eigenvalue weighted by atomic mass is 9.41. The van der Waals surface area contributed by atoms with Gasteiger partial charge >= 0.3 is 5.97 Å². The van der Waals surface area contributed by atoms with Crippen molar-refractivity contribution in [1.82, 2.24) is 0 Å². The molecule has 0 aliphatic heterocycles. The van der Waals surface area contributed by atoms with E-state index in [1.54, 1.807) is 5.57 Å². The molecule has 0 bridgehead atoms. The molecule has 0 aromatic carbocycles. The average Bonchev–Trinajstić information content (AvgIpc) is 2.90. The first kappa shape index (κ1) is 25.5. The third-order valence-corrected chi connectivity index (χ3v) is 12.8. The number of carboxylic acids is 1.